The van der Waals surface area contributed by atoms with Crippen LogP contribution in [-0.2, 0) is 0 Å². The quantitative estimate of drug-likeness (QED) is 0.197. The van der Waals surface area contributed by atoms with Crippen LogP contribution in [0.2, 0.25) is 0 Å². The van der Waals surface area contributed by atoms with Gasteiger partial charge >= 0.3 is 0 Å². The van der Waals surface area contributed by atoms with Gasteiger partial charge in [-0.15, -0.1) is 0 Å². The Labute approximate surface area is 271 Å². The second kappa shape index (κ2) is 11.2. The van der Waals surface area contributed by atoms with Gasteiger partial charge in [-0.3, -0.25) is 0 Å². The first-order chi connectivity index (χ1) is 23.3. The van der Waals surface area contributed by atoms with Crippen molar-refractivity contribution in [3.63, 3.8) is 0 Å². The van der Waals surface area contributed by atoms with Crippen LogP contribution in [0.4, 0.5) is 0 Å². The molecule has 0 bridgehead atoms. The monoisotopic (exact) mass is 601 g/mol. The van der Waals surface area contributed by atoms with Crippen molar-refractivity contribution in [2.24, 2.45) is 0 Å². The molecule has 220 valence electrons. The van der Waals surface area contributed by atoms with E-state index >= 15 is 0 Å². The van der Waals surface area contributed by atoms with Crippen LogP contribution in [0.1, 0.15) is 0 Å². The molecule has 0 saturated carbocycles. The molecule has 0 aliphatic rings. The molecule has 0 N–H and O–H groups in total. The van der Waals surface area contributed by atoms with E-state index in [1.54, 1.807) is 0 Å². The third-order valence-corrected chi connectivity index (χ3v) is 8.74. The summed E-state index contributed by atoms with van der Waals surface area (Å²) in [6.07, 6.45) is 0. The Kier molecular flexibility index (Phi) is 6.43. The van der Waals surface area contributed by atoms with Crippen molar-refractivity contribution in [2.75, 3.05) is 0 Å². The largest absolute Gasteiger partial charge is 0.455 e. The molecule has 2 aromatic heterocycles. The average Bonchev–Trinajstić information content (AvgIpc) is 3.54. The Morgan fingerprint density at radius 1 is 0.319 bits per heavy atom. The van der Waals surface area contributed by atoms with Gasteiger partial charge in [0.15, 0.2) is 17.5 Å². The molecule has 0 saturated heterocycles. The molecule has 0 radical (unpaired) electrons. The highest BCUT2D eigenvalue weighted by Crippen LogP contribution is 2.41. The molecule has 47 heavy (non-hydrogen) atoms. The normalized spacial score (nSPS) is 11.4. The van der Waals surface area contributed by atoms with E-state index in [9.17, 15) is 0 Å². The van der Waals surface area contributed by atoms with Gasteiger partial charge in [0.2, 0.25) is 0 Å². The summed E-state index contributed by atoms with van der Waals surface area (Å²) in [6, 6.07) is 56.4. The molecular formula is C43H27N3O. The predicted molar refractivity (Wildman–Crippen MR) is 192 cm³/mol. The Morgan fingerprint density at radius 3 is 1.43 bits per heavy atom. The number of nitrogens with zero attached hydrogens (tertiary/aromatic N) is 3. The average molecular weight is 602 g/mol. The lowest BCUT2D eigenvalue weighted by atomic mass is 9.92. The maximum absolute atomic E-state index is 6.45. The lowest BCUT2D eigenvalue weighted by Crippen LogP contribution is -2.00. The van der Waals surface area contributed by atoms with E-state index in [0.29, 0.717) is 17.5 Å². The van der Waals surface area contributed by atoms with Crippen molar-refractivity contribution in [1.29, 1.82) is 0 Å². The summed E-state index contributed by atoms with van der Waals surface area (Å²) in [6.45, 7) is 0. The second-order valence-corrected chi connectivity index (χ2v) is 11.6. The topological polar surface area (TPSA) is 51.8 Å². The second-order valence-electron chi connectivity index (χ2n) is 11.6. The SMILES string of the molecule is c1ccc(-c2ccc3c(c2)c(-c2ccc(-c4nc(-c5ccccc5)nc(-c5ccccc5)n4)cc2)cc2c4ccccc4oc32)cc1. The first kappa shape index (κ1) is 27.0. The minimum atomic E-state index is 0.636. The highest BCUT2D eigenvalue weighted by atomic mass is 16.3. The van der Waals surface area contributed by atoms with Crippen LogP contribution < -0.4 is 0 Å². The Morgan fingerprint density at radius 2 is 0.809 bits per heavy atom. The fraction of sp³-hybridized carbons (Fsp3) is 0. The molecule has 0 fully saturated rings. The van der Waals surface area contributed by atoms with Gasteiger partial charge in [-0.25, -0.2) is 15.0 Å². The molecular weight excluding hydrogens is 574 g/mol. The number of aromatic nitrogens is 3. The number of fused-ring (bicyclic) bond motifs is 5. The van der Waals surface area contributed by atoms with Gasteiger partial charge in [0, 0.05) is 32.8 Å². The van der Waals surface area contributed by atoms with E-state index in [4.69, 9.17) is 19.4 Å². The number of hydrogen-bond donors (Lipinski definition) is 0. The summed E-state index contributed by atoms with van der Waals surface area (Å²) in [5.41, 5.74) is 9.23. The fourth-order valence-corrected chi connectivity index (χ4v) is 6.38. The van der Waals surface area contributed by atoms with Crippen molar-refractivity contribution in [3.05, 3.63) is 164 Å². The molecule has 0 unspecified atom stereocenters. The van der Waals surface area contributed by atoms with Crippen LogP contribution >= 0.6 is 0 Å². The van der Waals surface area contributed by atoms with Gasteiger partial charge in [0.1, 0.15) is 11.2 Å². The molecule has 4 heteroatoms. The van der Waals surface area contributed by atoms with Gasteiger partial charge in [0.25, 0.3) is 0 Å². The zero-order chi connectivity index (χ0) is 31.2. The third kappa shape index (κ3) is 4.84. The molecule has 7 aromatic carbocycles. The van der Waals surface area contributed by atoms with Gasteiger partial charge < -0.3 is 4.42 Å². The van der Waals surface area contributed by atoms with E-state index < -0.39 is 0 Å². The Bertz CT molecular complexity index is 2480. The van der Waals surface area contributed by atoms with Crippen LogP contribution in [0.15, 0.2) is 168 Å². The van der Waals surface area contributed by atoms with Crippen molar-refractivity contribution in [3.8, 4) is 56.4 Å². The van der Waals surface area contributed by atoms with E-state index in [1.807, 2.05) is 78.9 Å². The summed E-state index contributed by atoms with van der Waals surface area (Å²) in [5.74, 6) is 1.93. The zero-order valence-electron chi connectivity index (χ0n) is 25.3. The molecule has 0 aliphatic heterocycles. The fourth-order valence-electron chi connectivity index (χ4n) is 6.38. The standard InChI is InChI=1S/C43H27N3O/c1-4-12-28(13-5-1)33-24-25-35-37(26-33)36(27-38-34-18-10-11-19-39(34)47-40(35)38)29-20-22-32(23-21-29)43-45-41(30-14-6-2-7-15-30)44-42(46-43)31-16-8-3-9-17-31/h1-27H. The summed E-state index contributed by atoms with van der Waals surface area (Å²) in [5, 5.41) is 4.46. The number of rotatable bonds is 5. The van der Waals surface area contributed by atoms with Crippen LogP contribution in [0.25, 0.3) is 89.1 Å². The van der Waals surface area contributed by atoms with Crippen molar-refractivity contribution in [2.45, 2.75) is 0 Å². The van der Waals surface area contributed by atoms with E-state index in [1.165, 1.54) is 11.1 Å². The van der Waals surface area contributed by atoms with Crippen molar-refractivity contribution < 1.29 is 4.42 Å². The molecule has 9 aromatic rings. The summed E-state index contributed by atoms with van der Waals surface area (Å²) >= 11 is 0. The van der Waals surface area contributed by atoms with Gasteiger partial charge in [-0.05, 0) is 51.9 Å². The molecule has 9 rings (SSSR count). The number of para-hydroxylation sites is 1. The molecule has 0 aliphatic carbocycles. The van der Waals surface area contributed by atoms with Crippen LogP contribution in [0.3, 0.4) is 0 Å². The minimum absolute atomic E-state index is 0.636. The highest BCUT2D eigenvalue weighted by molar-refractivity contribution is 6.19. The number of benzene rings is 7. The number of furan rings is 1. The molecule has 0 amide bonds. The van der Waals surface area contributed by atoms with E-state index in [-0.39, 0.29) is 0 Å². The molecule has 0 atom stereocenters. The maximum Gasteiger partial charge on any atom is 0.164 e. The lowest BCUT2D eigenvalue weighted by Gasteiger charge is -2.12. The van der Waals surface area contributed by atoms with Crippen molar-refractivity contribution >= 4 is 32.7 Å². The molecule has 0 spiro atoms. The van der Waals surface area contributed by atoms with E-state index in [0.717, 1.165) is 60.5 Å². The Balaban J connectivity index is 1.21. The van der Waals surface area contributed by atoms with Crippen LogP contribution in [-0.4, -0.2) is 15.0 Å². The molecule has 4 nitrogen and oxygen atoms in total. The lowest BCUT2D eigenvalue weighted by molar-refractivity contribution is 0.672. The van der Waals surface area contributed by atoms with Gasteiger partial charge in [-0.2, -0.15) is 0 Å². The smallest absolute Gasteiger partial charge is 0.164 e. The minimum Gasteiger partial charge on any atom is -0.455 e. The zero-order valence-corrected chi connectivity index (χ0v) is 25.3. The summed E-state index contributed by atoms with van der Waals surface area (Å²) in [4.78, 5) is 14.7. The summed E-state index contributed by atoms with van der Waals surface area (Å²) < 4.78 is 6.45. The van der Waals surface area contributed by atoms with Gasteiger partial charge in [0.05, 0.1) is 0 Å². The predicted octanol–water partition coefficient (Wildman–Crippen LogP) is 11.3. The first-order valence-electron chi connectivity index (χ1n) is 15.7. The van der Waals surface area contributed by atoms with Crippen LogP contribution in [0.5, 0.6) is 0 Å². The summed E-state index contributed by atoms with van der Waals surface area (Å²) in [7, 11) is 0. The van der Waals surface area contributed by atoms with Crippen LogP contribution in [0, 0.1) is 0 Å². The number of hydrogen-bond acceptors (Lipinski definition) is 4. The highest BCUT2D eigenvalue weighted by Gasteiger charge is 2.17. The van der Waals surface area contributed by atoms with Crippen molar-refractivity contribution in [1.82, 2.24) is 15.0 Å². The maximum atomic E-state index is 6.45. The Hall–Kier alpha value is -6.39. The van der Waals surface area contributed by atoms with E-state index in [2.05, 4.69) is 84.9 Å². The van der Waals surface area contributed by atoms with Gasteiger partial charge in [-0.1, -0.05) is 140 Å². The molecule has 2 heterocycles. The first-order valence-corrected chi connectivity index (χ1v) is 15.7. The third-order valence-electron chi connectivity index (χ3n) is 8.74.